The zero-order chi connectivity index (χ0) is 25.1. The van der Waals surface area contributed by atoms with Crippen LogP contribution in [0.1, 0.15) is 24.2 Å². The number of hydrogen-bond acceptors (Lipinski definition) is 6. The number of carbonyl (C=O) groups is 1. The molecule has 2 rings (SSSR count). The summed E-state index contributed by atoms with van der Waals surface area (Å²) >= 11 is 0. The van der Waals surface area contributed by atoms with Crippen molar-refractivity contribution in [2.45, 2.75) is 37.1 Å². The zero-order valence-electron chi connectivity index (χ0n) is 17.3. The average Bonchev–Trinajstić information content (AvgIpc) is 2.70. The summed E-state index contributed by atoms with van der Waals surface area (Å²) in [6.07, 6.45) is -5.79. The van der Waals surface area contributed by atoms with Crippen LogP contribution in [0, 0.1) is 6.92 Å². The van der Waals surface area contributed by atoms with Crippen molar-refractivity contribution in [2.75, 3.05) is 4.72 Å². The number of nitrogens with one attached hydrogen (secondary N) is 1. The number of carbonyl (C=O) groups excluding carboxylic acids is 1. The van der Waals surface area contributed by atoms with Crippen LogP contribution in [0.5, 0.6) is 0 Å². The molecular formula is C18H21F3N6O5S. The molecule has 0 aliphatic rings. The van der Waals surface area contributed by atoms with E-state index in [4.69, 9.17) is 22.0 Å². The van der Waals surface area contributed by atoms with Crippen molar-refractivity contribution >= 4 is 27.6 Å². The number of nitrogens with two attached hydrogens (primary N) is 3. The predicted molar refractivity (Wildman–Crippen MR) is 112 cm³/mol. The van der Waals surface area contributed by atoms with E-state index in [0.29, 0.717) is 12.1 Å². The van der Waals surface area contributed by atoms with Crippen LogP contribution in [-0.2, 0) is 25.8 Å². The summed E-state index contributed by atoms with van der Waals surface area (Å²) in [7, 11) is -4.45. The van der Waals surface area contributed by atoms with Crippen molar-refractivity contribution in [3.8, 4) is 0 Å². The van der Waals surface area contributed by atoms with Gasteiger partial charge in [-0.3, -0.25) is 18.9 Å². The molecule has 0 aliphatic heterocycles. The van der Waals surface area contributed by atoms with Gasteiger partial charge < -0.3 is 22.0 Å². The largest absolute Gasteiger partial charge is 0.416 e. The van der Waals surface area contributed by atoms with Crippen LogP contribution in [0.15, 0.2) is 51.2 Å². The van der Waals surface area contributed by atoms with Gasteiger partial charge in [0.2, 0.25) is 11.9 Å². The number of primary amides is 1. The highest BCUT2D eigenvalue weighted by molar-refractivity contribution is 7.92. The highest BCUT2D eigenvalue weighted by atomic mass is 32.2. The molecule has 0 fully saturated rings. The van der Waals surface area contributed by atoms with Crippen molar-refractivity contribution in [1.29, 1.82) is 0 Å². The Morgan fingerprint density at radius 3 is 2.18 bits per heavy atom. The second-order valence-electron chi connectivity index (χ2n) is 6.87. The van der Waals surface area contributed by atoms with Crippen LogP contribution in [0.3, 0.4) is 0 Å². The average molecular weight is 490 g/mol. The smallest absolute Gasteiger partial charge is 0.387 e. The van der Waals surface area contributed by atoms with Gasteiger partial charge in [-0.15, -0.1) is 0 Å². The summed E-state index contributed by atoms with van der Waals surface area (Å²) in [5.41, 5.74) is 13.5. The van der Waals surface area contributed by atoms with E-state index in [9.17, 15) is 31.2 Å². The molecule has 7 N–H and O–H groups in total. The molecule has 2 aromatic rings. The van der Waals surface area contributed by atoms with Crippen LogP contribution >= 0.6 is 0 Å². The Kier molecular flexibility index (Phi) is 7.26. The number of oxime groups is 1. The van der Waals surface area contributed by atoms with Crippen LogP contribution in [0.25, 0.3) is 0 Å². The van der Waals surface area contributed by atoms with E-state index in [-0.39, 0.29) is 5.69 Å². The first-order chi connectivity index (χ1) is 15.1. The Hall–Kier alpha value is -3.75. The van der Waals surface area contributed by atoms with Gasteiger partial charge in [0.1, 0.15) is 5.69 Å². The van der Waals surface area contributed by atoms with Crippen molar-refractivity contribution in [2.24, 2.45) is 22.4 Å². The number of amides is 1. The standard InChI is InChI=1S/C18H21F3N6O5S/c1-9-3-8-13(16(29)27(9)14(15(22)28)10(2)32-25-17(23)24)26-33(30,31)12-6-4-11(5-7-12)18(19,20)21/h3-8,10,14,26H,1-2H3,(H2,22,28)(H4,23,24,25). The number of pyridine rings is 1. The molecule has 1 amide bonds. The maximum Gasteiger partial charge on any atom is 0.416 e. The van der Waals surface area contributed by atoms with Gasteiger partial charge in [-0.25, -0.2) is 8.42 Å². The van der Waals surface area contributed by atoms with Gasteiger partial charge in [-0.05, 0) is 55.4 Å². The third kappa shape index (κ3) is 5.94. The molecule has 2 unspecified atom stereocenters. The van der Waals surface area contributed by atoms with Crippen LogP contribution in [-0.4, -0.2) is 31.0 Å². The lowest BCUT2D eigenvalue weighted by Crippen LogP contribution is -2.42. The maximum absolute atomic E-state index is 13.0. The molecule has 0 saturated heterocycles. The normalized spacial score (nSPS) is 13.6. The zero-order valence-corrected chi connectivity index (χ0v) is 18.1. The summed E-state index contributed by atoms with van der Waals surface area (Å²) in [6.45, 7) is 2.81. The van der Waals surface area contributed by atoms with Crippen molar-refractivity contribution < 1.29 is 31.2 Å². The van der Waals surface area contributed by atoms with Crippen LogP contribution < -0.4 is 27.5 Å². The first kappa shape index (κ1) is 25.5. The Bertz CT molecular complexity index is 1220. The number of aryl methyl sites for hydroxylation is 1. The Balaban J connectivity index is 2.47. The summed E-state index contributed by atoms with van der Waals surface area (Å²) in [5, 5.41) is 3.32. The minimum absolute atomic E-state index is 0.224. The molecule has 0 radical (unpaired) electrons. The summed E-state index contributed by atoms with van der Waals surface area (Å²) < 4.78 is 66.3. The number of guanidine groups is 1. The lowest BCUT2D eigenvalue weighted by molar-refractivity contribution is -0.137. The van der Waals surface area contributed by atoms with E-state index in [1.807, 2.05) is 4.72 Å². The van der Waals surface area contributed by atoms with Crippen LogP contribution in [0.2, 0.25) is 0 Å². The van der Waals surface area contributed by atoms with Gasteiger partial charge in [-0.2, -0.15) is 13.2 Å². The fraction of sp³-hybridized carbons (Fsp3) is 0.278. The first-order valence-corrected chi connectivity index (χ1v) is 10.6. The predicted octanol–water partition coefficient (Wildman–Crippen LogP) is 0.596. The number of halogens is 3. The molecule has 0 bridgehead atoms. The second-order valence-corrected chi connectivity index (χ2v) is 8.55. The van der Waals surface area contributed by atoms with Gasteiger partial charge in [0.05, 0.1) is 10.5 Å². The highest BCUT2D eigenvalue weighted by Crippen LogP contribution is 2.30. The second kappa shape index (κ2) is 9.40. The van der Waals surface area contributed by atoms with Gasteiger partial charge in [-0.1, -0.05) is 0 Å². The fourth-order valence-corrected chi connectivity index (χ4v) is 3.92. The minimum atomic E-state index is -4.65. The van der Waals surface area contributed by atoms with E-state index >= 15 is 0 Å². The summed E-state index contributed by atoms with van der Waals surface area (Å²) in [4.78, 5) is 29.5. The Morgan fingerprint density at radius 1 is 1.12 bits per heavy atom. The Morgan fingerprint density at radius 2 is 1.70 bits per heavy atom. The van der Waals surface area contributed by atoms with Crippen molar-refractivity contribution in [1.82, 2.24) is 4.57 Å². The topological polar surface area (TPSA) is 185 Å². The molecule has 1 aromatic heterocycles. The number of anilines is 1. The van der Waals surface area contributed by atoms with Crippen molar-refractivity contribution in [3.63, 3.8) is 0 Å². The first-order valence-electron chi connectivity index (χ1n) is 9.11. The van der Waals surface area contributed by atoms with E-state index in [2.05, 4.69) is 5.16 Å². The van der Waals surface area contributed by atoms with Crippen molar-refractivity contribution in [3.05, 3.63) is 58.0 Å². The lowest BCUT2D eigenvalue weighted by atomic mass is 10.1. The maximum atomic E-state index is 13.0. The fourth-order valence-electron chi connectivity index (χ4n) is 2.87. The molecule has 11 nitrogen and oxygen atoms in total. The van der Waals surface area contributed by atoms with Gasteiger partial charge in [0.15, 0.2) is 12.1 Å². The molecule has 15 heteroatoms. The van der Waals surface area contributed by atoms with Crippen LogP contribution in [0.4, 0.5) is 18.9 Å². The molecule has 180 valence electrons. The minimum Gasteiger partial charge on any atom is -0.387 e. The monoisotopic (exact) mass is 490 g/mol. The summed E-state index contributed by atoms with van der Waals surface area (Å²) in [6, 6.07) is 3.70. The van der Waals surface area contributed by atoms with Gasteiger partial charge in [0.25, 0.3) is 15.6 Å². The quantitative estimate of drug-likeness (QED) is 0.237. The van der Waals surface area contributed by atoms with E-state index in [0.717, 1.165) is 22.8 Å². The molecular weight excluding hydrogens is 469 g/mol. The number of benzene rings is 1. The highest BCUT2D eigenvalue weighted by Gasteiger charge is 2.32. The van der Waals surface area contributed by atoms with Gasteiger partial charge in [0, 0.05) is 5.69 Å². The number of sulfonamides is 1. The molecule has 0 aliphatic carbocycles. The molecule has 0 saturated carbocycles. The molecule has 33 heavy (non-hydrogen) atoms. The van der Waals surface area contributed by atoms with E-state index in [1.54, 1.807) is 0 Å². The number of aromatic nitrogens is 1. The third-order valence-electron chi connectivity index (χ3n) is 4.40. The Labute approximate surface area is 186 Å². The number of hydrogen-bond donors (Lipinski definition) is 4. The molecule has 1 heterocycles. The van der Waals surface area contributed by atoms with E-state index in [1.165, 1.54) is 19.9 Å². The number of nitrogens with zero attached hydrogens (tertiary/aromatic N) is 2. The molecule has 0 spiro atoms. The lowest BCUT2D eigenvalue weighted by Gasteiger charge is -2.24. The summed E-state index contributed by atoms with van der Waals surface area (Å²) in [5.74, 6) is -1.45. The SMILES string of the molecule is Cc1ccc(NS(=O)(=O)c2ccc(C(F)(F)F)cc2)c(=O)n1C(C(N)=O)C(C)ON=C(N)N. The molecule has 1 aromatic carbocycles. The van der Waals surface area contributed by atoms with E-state index < -0.39 is 61.9 Å². The number of rotatable bonds is 8. The number of alkyl halides is 3. The third-order valence-corrected chi connectivity index (χ3v) is 5.78. The van der Waals surface area contributed by atoms with Gasteiger partial charge >= 0.3 is 6.18 Å². The molecule has 2 atom stereocenters.